The van der Waals surface area contributed by atoms with E-state index in [4.69, 9.17) is 11.6 Å². The zero-order chi connectivity index (χ0) is 13.7. The highest BCUT2D eigenvalue weighted by Crippen LogP contribution is 2.43. The largest absolute Gasteiger partial charge is 0.340 e. The van der Waals surface area contributed by atoms with Crippen LogP contribution < -0.4 is 0 Å². The zero-order valence-electron chi connectivity index (χ0n) is 12.0. The van der Waals surface area contributed by atoms with E-state index in [1.165, 1.54) is 49.7 Å². The first kappa shape index (κ1) is 12.7. The van der Waals surface area contributed by atoms with Crippen molar-refractivity contribution in [2.75, 3.05) is 13.1 Å². The van der Waals surface area contributed by atoms with E-state index < -0.39 is 0 Å². The van der Waals surface area contributed by atoms with Crippen molar-refractivity contribution >= 4 is 22.5 Å². The summed E-state index contributed by atoms with van der Waals surface area (Å²) < 4.78 is 2.52. The molecule has 106 valence electrons. The molecule has 1 aliphatic carbocycles. The predicted octanol–water partition coefficient (Wildman–Crippen LogP) is 4.40. The number of aromatic nitrogens is 1. The Morgan fingerprint density at radius 1 is 1.30 bits per heavy atom. The molecule has 0 saturated heterocycles. The van der Waals surface area contributed by atoms with Crippen molar-refractivity contribution in [3.63, 3.8) is 0 Å². The molecule has 0 bridgehead atoms. The van der Waals surface area contributed by atoms with Gasteiger partial charge in [-0.15, -0.1) is 0 Å². The molecule has 0 N–H and O–H groups in total. The van der Waals surface area contributed by atoms with Crippen LogP contribution in [0, 0.1) is 0 Å². The number of hydrogen-bond acceptors (Lipinski definition) is 1. The van der Waals surface area contributed by atoms with Gasteiger partial charge in [-0.25, -0.2) is 0 Å². The summed E-state index contributed by atoms with van der Waals surface area (Å²) in [5.41, 5.74) is 4.42. The van der Waals surface area contributed by atoms with E-state index in [0.29, 0.717) is 6.04 Å². The van der Waals surface area contributed by atoms with E-state index >= 15 is 0 Å². The van der Waals surface area contributed by atoms with E-state index in [2.05, 4.69) is 28.5 Å². The lowest BCUT2D eigenvalue weighted by Gasteiger charge is -2.39. The standard InChI is InChI=1S/C17H21ClN2/c1-2-9-19-10-11-20-16-12(5-3-7-14(16)18)13-6-4-8-15(19)17(13)20/h3,5,7,15H,2,4,6,8-11H2,1H3. The van der Waals surface area contributed by atoms with Gasteiger partial charge in [-0.3, -0.25) is 4.90 Å². The van der Waals surface area contributed by atoms with Gasteiger partial charge in [0.2, 0.25) is 0 Å². The molecule has 1 atom stereocenters. The quantitative estimate of drug-likeness (QED) is 0.795. The van der Waals surface area contributed by atoms with Crippen LogP contribution in [0.2, 0.25) is 5.02 Å². The molecule has 20 heavy (non-hydrogen) atoms. The van der Waals surface area contributed by atoms with Gasteiger partial charge in [0.25, 0.3) is 0 Å². The summed E-state index contributed by atoms with van der Waals surface area (Å²) >= 11 is 6.50. The molecule has 1 aromatic carbocycles. The lowest BCUT2D eigenvalue weighted by Crippen LogP contribution is -2.40. The van der Waals surface area contributed by atoms with Gasteiger partial charge in [-0.1, -0.05) is 30.7 Å². The number of nitrogens with zero attached hydrogens (tertiary/aromatic N) is 2. The summed E-state index contributed by atoms with van der Waals surface area (Å²) in [6.07, 6.45) is 5.08. The van der Waals surface area contributed by atoms with Crippen molar-refractivity contribution in [3.8, 4) is 0 Å². The van der Waals surface area contributed by atoms with Crippen LogP contribution in [-0.4, -0.2) is 22.6 Å². The molecule has 2 aromatic rings. The Morgan fingerprint density at radius 3 is 3.05 bits per heavy atom. The molecule has 1 unspecified atom stereocenters. The summed E-state index contributed by atoms with van der Waals surface area (Å²) in [7, 11) is 0. The number of benzene rings is 1. The lowest BCUT2D eigenvalue weighted by atomic mass is 9.89. The molecule has 4 rings (SSSR count). The Balaban J connectivity index is 1.96. The van der Waals surface area contributed by atoms with Gasteiger partial charge >= 0.3 is 0 Å². The van der Waals surface area contributed by atoms with Gasteiger partial charge in [-0.2, -0.15) is 0 Å². The van der Waals surface area contributed by atoms with E-state index in [-0.39, 0.29) is 0 Å². The first-order valence-electron chi connectivity index (χ1n) is 7.84. The molecule has 0 radical (unpaired) electrons. The summed E-state index contributed by atoms with van der Waals surface area (Å²) in [5, 5.41) is 2.31. The van der Waals surface area contributed by atoms with E-state index in [9.17, 15) is 0 Å². The maximum absolute atomic E-state index is 6.50. The zero-order valence-corrected chi connectivity index (χ0v) is 12.8. The highest BCUT2D eigenvalue weighted by atomic mass is 35.5. The van der Waals surface area contributed by atoms with E-state index in [1.54, 1.807) is 11.3 Å². The lowest BCUT2D eigenvalue weighted by molar-refractivity contribution is 0.141. The van der Waals surface area contributed by atoms with Gasteiger partial charge in [0.1, 0.15) is 0 Å². The van der Waals surface area contributed by atoms with Gasteiger partial charge in [0.15, 0.2) is 0 Å². The van der Waals surface area contributed by atoms with Crippen molar-refractivity contribution in [3.05, 3.63) is 34.5 Å². The van der Waals surface area contributed by atoms with Crippen molar-refractivity contribution in [2.45, 2.75) is 45.2 Å². The van der Waals surface area contributed by atoms with Crippen LogP contribution in [0.5, 0.6) is 0 Å². The van der Waals surface area contributed by atoms with Gasteiger partial charge in [-0.05, 0) is 43.9 Å². The van der Waals surface area contributed by atoms with Crippen molar-refractivity contribution < 1.29 is 0 Å². The van der Waals surface area contributed by atoms with E-state index in [0.717, 1.165) is 11.6 Å². The Bertz CT molecular complexity index is 659. The molecule has 0 spiro atoms. The molecule has 1 aromatic heterocycles. The summed E-state index contributed by atoms with van der Waals surface area (Å²) in [4.78, 5) is 2.69. The molecule has 1 aliphatic heterocycles. The number of rotatable bonds is 2. The Hall–Kier alpha value is -0.990. The Kier molecular flexibility index (Phi) is 3.04. The maximum atomic E-state index is 6.50. The first-order valence-corrected chi connectivity index (χ1v) is 8.22. The van der Waals surface area contributed by atoms with Crippen LogP contribution in [-0.2, 0) is 13.0 Å². The molecule has 2 heterocycles. The average Bonchev–Trinajstić information content (AvgIpc) is 2.80. The Labute approximate surface area is 125 Å². The number of fused-ring (bicyclic) bond motifs is 3. The third-order valence-corrected chi connectivity index (χ3v) is 5.27. The molecule has 3 heteroatoms. The number of hydrogen-bond donors (Lipinski definition) is 0. The van der Waals surface area contributed by atoms with Crippen LogP contribution in [0.15, 0.2) is 18.2 Å². The van der Waals surface area contributed by atoms with Crippen LogP contribution in [0.3, 0.4) is 0 Å². The summed E-state index contributed by atoms with van der Waals surface area (Å²) in [6, 6.07) is 7.01. The number of halogens is 1. The fraction of sp³-hybridized carbons (Fsp3) is 0.529. The minimum Gasteiger partial charge on any atom is -0.340 e. The molecule has 2 nitrogen and oxygen atoms in total. The SMILES string of the molecule is CCCN1CCn2c3c(c4cccc(Cl)c42)CCCC31. The fourth-order valence-electron chi connectivity index (χ4n) is 4.23. The van der Waals surface area contributed by atoms with E-state index in [1.807, 2.05) is 6.07 Å². The van der Waals surface area contributed by atoms with Gasteiger partial charge in [0.05, 0.1) is 16.6 Å². The molecule has 0 saturated carbocycles. The predicted molar refractivity (Wildman–Crippen MR) is 84.5 cm³/mol. The second-order valence-electron chi connectivity index (χ2n) is 6.10. The van der Waals surface area contributed by atoms with Crippen LogP contribution in [0.25, 0.3) is 10.9 Å². The fourth-order valence-corrected chi connectivity index (χ4v) is 4.51. The van der Waals surface area contributed by atoms with Crippen LogP contribution in [0.1, 0.15) is 43.5 Å². The third kappa shape index (κ3) is 1.68. The minimum atomic E-state index is 0.621. The van der Waals surface area contributed by atoms with Crippen molar-refractivity contribution in [2.24, 2.45) is 0 Å². The molecule has 0 amide bonds. The highest BCUT2D eigenvalue weighted by molar-refractivity contribution is 6.35. The summed E-state index contributed by atoms with van der Waals surface area (Å²) in [6.45, 7) is 5.76. The monoisotopic (exact) mass is 288 g/mol. The second-order valence-corrected chi connectivity index (χ2v) is 6.50. The average molecular weight is 289 g/mol. The first-order chi connectivity index (χ1) is 9.81. The minimum absolute atomic E-state index is 0.621. The van der Waals surface area contributed by atoms with Gasteiger partial charge < -0.3 is 4.57 Å². The summed E-state index contributed by atoms with van der Waals surface area (Å²) in [5.74, 6) is 0. The van der Waals surface area contributed by atoms with Crippen LogP contribution in [0.4, 0.5) is 0 Å². The van der Waals surface area contributed by atoms with Crippen LogP contribution >= 0.6 is 11.6 Å². The topological polar surface area (TPSA) is 8.17 Å². The molecular formula is C17H21ClN2. The smallest absolute Gasteiger partial charge is 0.0675 e. The Morgan fingerprint density at radius 2 is 2.20 bits per heavy atom. The normalized spacial score (nSPS) is 22.2. The second kappa shape index (κ2) is 4.78. The molecule has 2 aliphatic rings. The maximum Gasteiger partial charge on any atom is 0.0675 e. The number of aryl methyl sites for hydroxylation is 1. The van der Waals surface area contributed by atoms with Crippen molar-refractivity contribution in [1.82, 2.24) is 9.47 Å². The van der Waals surface area contributed by atoms with Gasteiger partial charge in [0, 0.05) is 24.2 Å². The number of para-hydroxylation sites is 1. The van der Waals surface area contributed by atoms with Crippen molar-refractivity contribution in [1.29, 1.82) is 0 Å². The highest BCUT2D eigenvalue weighted by Gasteiger charge is 2.34. The third-order valence-electron chi connectivity index (χ3n) is 4.96. The molecule has 0 fully saturated rings. The molecular weight excluding hydrogens is 268 g/mol.